The van der Waals surface area contributed by atoms with Gasteiger partial charge in [0.1, 0.15) is 0 Å². The lowest BCUT2D eigenvalue weighted by molar-refractivity contribution is 1.07. The van der Waals surface area contributed by atoms with Crippen LogP contribution in [0.2, 0.25) is 0 Å². The molecule has 0 amide bonds. The van der Waals surface area contributed by atoms with Gasteiger partial charge in [0.2, 0.25) is 0 Å². The highest BCUT2D eigenvalue weighted by Crippen LogP contribution is 2.00. The molecule has 2 nitrogen and oxygen atoms in total. The van der Waals surface area contributed by atoms with Crippen LogP contribution in [-0.2, 0) is 6.42 Å². The molecule has 0 saturated heterocycles. The predicted molar refractivity (Wildman–Crippen MR) is 82.1 cm³/mol. The van der Waals surface area contributed by atoms with E-state index in [-0.39, 0.29) is 1.43 Å². The van der Waals surface area contributed by atoms with Gasteiger partial charge in [-0.25, -0.2) is 0 Å². The molecule has 0 aromatic carbocycles. The highest BCUT2D eigenvalue weighted by atomic mass is 14.7. The van der Waals surface area contributed by atoms with Crippen LogP contribution >= 0.6 is 0 Å². The highest BCUT2D eigenvalue weighted by Gasteiger charge is 2.01. The molecule has 0 unspecified atom stereocenters. The van der Waals surface area contributed by atoms with Gasteiger partial charge >= 0.3 is 0 Å². The first-order valence-electron chi connectivity index (χ1n) is 6.63. The van der Waals surface area contributed by atoms with Crippen LogP contribution in [0.1, 0.15) is 26.5 Å². The Hall–Kier alpha value is -2.31. The molecule has 0 radical (unpaired) electrons. The minimum absolute atomic E-state index is 0. The molecule has 19 heavy (non-hydrogen) atoms. The average Bonchev–Trinajstić information content (AvgIpc) is 2.71. The van der Waals surface area contributed by atoms with Crippen LogP contribution in [0.15, 0.2) is 48.5 Å². The van der Waals surface area contributed by atoms with Crippen molar-refractivity contribution >= 4 is 12.2 Å². The van der Waals surface area contributed by atoms with E-state index in [9.17, 15) is 0 Å². The summed E-state index contributed by atoms with van der Waals surface area (Å²) in [5, 5.41) is 2.37. The summed E-state index contributed by atoms with van der Waals surface area (Å²) in [7, 11) is 0. The van der Waals surface area contributed by atoms with Gasteiger partial charge in [-0.2, -0.15) is 0 Å². The van der Waals surface area contributed by atoms with Crippen molar-refractivity contribution in [3.05, 3.63) is 70.3 Å². The monoisotopic (exact) mass is 252 g/mol. The number of fused-ring (bicyclic) bond motifs is 1. The number of allylic oxidation sites excluding steroid dienone is 1. The number of aromatic amines is 1. The van der Waals surface area contributed by atoms with Crippen LogP contribution in [0.3, 0.4) is 0 Å². The second-order valence-electron chi connectivity index (χ2n) is 3.97. The lowest BCUT2D eigenvalue weighted by Crippen LogP contribution is -2.24. The number of hydrogen-bond acceptors (Lipinski definition) is 1. The molecular formula is C17H20N2. The molecule has 0 atom stereocenters. The molecule has 2 heterocycles. The normalized spacial score (nSPS) is 11.5. The van der Waals surface area contributed by atoms with Crippen LogP contribution in [-0.4, -0.2) is 9.97 Å². The Morgan fingerprint density at radius 2 is 2.05 bits per heavy atom. The molecule has 2 heteroatoms. The SMILES string of the molecule is C1=CC=c2[nH]cc(Cc3ccccn3)c2=CC=1.CC.[HH]. The number of rotatable bonds is 2. The quantitative estimate of drug-likeness (QED) is 0.818. The summed E-state index contributed by atoms with van der Waals surface area (Å²) in [5.41, 5.74) is 5.43. The van der Waals surface area contributed by atoms with Gasteiger partial charge in [0.15, 0.2) is 0 Å². The van der Waals surface area contributed by atoms with Crippen LogP contribution in [0, 0.1) is 0 Å². The summed E-state index contributed by atoms with van der Waals surface area (Å²) in [4.78, 5) is 7.63. The Kier molecular flexibility index (Phi) is 4.54. The standard InChI is InChI=1S/C15H12N2.C2H6.H2/c1-2-7-14-12(11-17-15(14)8-3-1)10-13-6-4-5-9-16-13;1-2;/h2-9,11,17H,10H2;1-2H3;1H. The van der Waals surface area contributed by atoms with Gasteiger partial charge in [0, 0.05) is 36.5 Å². The van der Waals surface area contributed by atoms with Crippen molar-refractivity contribution in [3.63, 3.8) is 0 Å². The van der Waals surface area contributed by atoms with E-state index >= 15 is 0 Å². The van der Waals surface area contributed by atoms with Crippen molar-refractivity contribution in [3.8, 4) is 0 Å². The fraction of sp³-hybridized carbons (Fsp3) is 0.176. The Bertz CT molecular complexity index is 705. The van der Waals surface area contributed by atoms with Gasteiger partial charge in [-0.15, -0.1) is 5.73 Å². The summed E-state index contributed by atoms with van der Waals surface area (Å²) >= 11 is 0. The zero-order valence-corrected chi connectivity index (χ0v) is 11.4. The van der Waals surface area contributed by atoms with Crippen LogP contribution in [0.25, 0.3) is 12.2 Å². The molecule has 0 spiro atoms. The molecule has 2 aromatic rings. The lowest BCUT2D eigenvalue weighted by Gasteiger charge is -1.97. The van der Waals surface area contributed by atoms with Crippen molar-refractivity contribution < 1.29 is 1.43 Å². The first-order valence-corrected chi connectivity index (χ1v) is 6.63. The predicted octanol–water partition coefficient (Wildman–Crippen LogP) is 2.56. The van der Waals surface area contributed by atoms with Gasteiger partial charge in [0.25, 0.3) is 0 Å². The minimum atomic E-state index is 0. The van der Waals surface area contributed by atoms with Gasteiger partial charge in [-0.1, -0.05) is 19.9 Å². The second kappa shape index (κ2) is 6.58. The molecule has 1 aliphatic rings. The summed E-state index contributed by atoms with van der Waals surface area (Å²) < 4.78 is 0. The third-order valence-corrected chi connectivity index (χ3v) is 2.83. The summed E-state index contributed by atoms with van der Waals surface area (Å²) in [6.07, 6.45) is 12.7. The molecule has 2 aromatic heterocycles. The maximum atomic E-state index is 4.35. The van der Waals surface area contributed by atoms with E-state index in [1.54, 1.807) is 0 Å². The molecule has 0 aliphatic heterocycles. The number of nitrogens with zero attached hydrogens (tertiary/aromatic N) is 1. The largest absolute Gasteiger partial charge is 0.361 e. The van der Waals surface area contributed by atoms with Crippen LogP contribution < -0.4 is 10.6 Å². The average molecular weight is 252 g/mol. The minimum Gasteiger partial charge on any atom is -0.361 e. The maximum Gasteiger partial charge on any atom is 0.0463 e. The molecular weight excluding hydrogens is 232 g/mol. The van der Waals surface area contributed by atoms with Crippen LogP contribution in [0.4, 0.5) is 0 Å². The van der Waals surface area contributed by atoms with E-state index in [0.717, 1.165) is 17.5 Å². The van der Waals surface area contributed by atoms with Crippen molar-refractivity contribution in [1.29, 1.82) is 0 Å². The Labute approximate surface area is 115 Å². The van der Waals surface area contributed by atoms with Gasteiger partial charge in [0.05, 0.1) is 0 Å². The molecule has 1 aliphatic carbocycles. The van der Waals surface area contributed by atoms with E-state index in [1.165, 1.54) is 10.8 Å². The molecule has 0 saturated carbocycles. The molecule has 0 bridgehead atoms. The summed E-state index contributed by atoms with van der Waals surface area (Å²) in [6, 6.07) is 6.01. The summed E-state index contributed by atoms with van der Waals surface area (Å²) in [5.74, 6) is 0. The van der Waals surface area contributed by atoms with E-state index in [4.69, 9.17) is 0 Å². The third-order valence-electron chi connectivity index (χ3n) is 2.83. The number of aromatic nitrogens is 2. The summed E-state index contributed by atoms with van der Waals surface area (Å²) in [6.45, 7) is 4.00. The van der Waals surface area contributed by atoms with E-state index in [0.29, 0.717) is 0 Å². The third kappa shape index (κ3) is 3.12. The van der Waals surface area contributed by atoms with Gasteiger partial charge in [-0.05, 0) is 42.0 Å². The highest BCUT2D eigenvalue weighted by molar-refractivity contribution is 5.48. The second-order valence-corrected chi connectivity index (χ2v) is 3.97. The molecule has 0 fully saturated rings. The van der Waals surface area contributed by atoms with Crippen molar-refractivity contribution in [1.82, 2.24) is 9.97 Å². The number of nitrogens with one attached hydrogen (secondary N) is 1. The van der Waals surface area contributed by atoms with Crippen molar-refractivity contribution in [2.24, 2.45) is 0 Å². The zero-order chi connectivity index (χ0) is 13.5. The zero-order valence-electron chi connectivity index (χ0n) is 11.4. The van der Waals surface area contributed by atoms with E-state index in [2.05, 4.69) is 28.0 Å². The Balaban J connectivity index is 0.000000639. The fourth-order valence-corrected chi connectivity index (χ4v) is 1.99. The van der Waals surface area contributed by atoms with E-state index in [1.807, 2.05) is 56.5 Å². The topological polar surface area (TPSA) is 28.7 Å². The lowest BCUT2D eigenvalue weighted by atomic mass is 10.1. The maximum absolute atomic E-state index is 4.35. The fourth-order valence-electron chi connectivity index (χ4n) is 1.99. The smallest absolute Gasteiger partial charge is 0.0463 e. The first-order chi connectivity index (χ1) is 9.43. The van der Waals surface area contributed by atoms with Gasteiger partial charge in [-0.3, -0.25) is 4.98 Å². The van der Waals surface area contributed by atoms with E-state index < -0.39 is 0 Å². The Morgan fingerprint density at radius 1 is 1.21 bits per heavy atom. The number of hydrogen-bond donors (Lipinski definition) is 1. The molecule has 3 rings (SSSR count). The molecule has 98 valence electrons. The molecule has 1 N–H and O–H groups in total. The van der Waals surface area contributed by atoms with Crippen molar-refractivity contribution in [2.45, 2.75) is 20.3 Å². The Morgan fingerprint density at radius 3 is 2.84 bits per heavy atom. The van der Waals surface area contributed by atoms with Gasteiger partial charge < -0.3 is 4.98 Å². The number of H-pyrrole nitrogens is 1. The van der Waals surface area contributed by atoms with Crippen LogP contribution in [0.5, 0.6) is 0 Å². The van der Waals surface area contributed by atoms with Crippen molar-refractivity contribution in [2.75, 3.05) is 0 Å². The number of pyridine rings is 1. The first kappa shape index (κ1) is 13.1.